The zero-order chi connectivity index (χ0) is 19.6. The van der Waals surface area contributed by atoms with Crippen LogP contribution in [0.5, 0.6) is 0 Å². The van der Waals surface area contributed by atoms with Crippen LogP contribution in [0, 0.1) is 5.92 Å². The maximum atomic E-state index is 12.8. The molecule has 140 valence electrons. The Morgan fingerprint density at radius 2 is 1.48 bits per heavy atom. The highest BCUT2D eigenvalue weighted by Crippen LogP contribution is 2.37. The van der Waals surface area contributed by atoms with E-state index in [-0.39, 0.29) is 6.07 Å². The fourth-order valence-corrected chi connectivity index (χ4v) is 2.27. The van der Waals surface area contributed by atoms with Crippen LogP contribution in [0.25, 0.3) is 0 Å². The number of halogens is 6. The average molecular weight is 370 g/mol. The molecule has 0 heterocycles. The highest BCUT2D eigenvalue weighted by Gasteiger charge is 2.37. The van der Waals surface area contributed by atoms with Gasteiger partial charge in [-0.15, -0.1) is 0 Å². The van der Waals surface area contributed by atoms with E-state index in [0.29, 0.717) is 18.5 Å². The number of nitrogens with one attached hydrogen (secondary N) is 1. The Hall–Kier alpha value is -2.26. The molecule has 0 aromatic heterocycles. The van der Waals surface area contributed by atoms with E-state index in [4.69, 9.17) is 0 Å². The normalized spacial score (nSPS) is 13.5. The number of anilines is 1. The lowest BCUT2D eigenvalue weighted by Gasteiger charge is -2.27. The first-order valence-electron chi connectivity index (χ1n) is 7.05. The SMILES string of the molecule is CC(C)[C@@H](C(=O)Nc1cc(C(F)(F)F)cc(C(F)(F)F)c1)N(C)C=O. The summed E-state index contributed by atoms with van der Waals surface area (Å²) < 4.78 is 76.9. The predicted octanol–water partition coefficient (Wildman–Crippen LogP) is 3.78. The molecule has 1 rings (SSSR count). The Bertz CT molecular complexity index is 608. The summed E-state index contributed by atoms with van der Waals surface area (Å²) in [6.07, 6.45) is -9.69. The molecule has 0 aliphatic carbocycles. The van der Waals surface area contributed by atoms with Gasteiger partial charge in [-0.25, -0.2) is 0 Å². The second-order valence-corrected chi connectivity index (χ2v) is 5.74. The van der Waals surface area contributed by atoms with Crippen molar-refractivity contribution in [3.63, 3.8) is 0 Å². The summed E-state index contributed by atoms with van der Waals surface area (Å²) in [5.74, 6) is -1.31. The summed E-state index contributed by atoms with van der Waals surface area (Å²) in [5, 5.41) is 2.02. The molecule has 0 saturated heterocycles. The van der Waals surface area contributed by atoms with Crippen LogP contribution < -0.4 is 5.32 Å². The van der Waals surface area contributed by atoms with Gasteiger partial charge >= 0.3 is 12.4 Å². The van der Waals surface area contributed by atoms with Gasteiger partial charge in [0, 0.05) is 12.7 Å². The van der Waals surface area contributed by atoms with Gasteiger partial charge in [-0.3, -0.25) is 9.59 Å². The van der Waals surface area contributed by atoms with Crippen LogP contribution in [0.2, 0.25) is 0 Å². The minimum absolute atomic E-state index is 0.0346. The van der Waals surface area contributed by atoms with Gasteiger partial charge in [-0.05, 0) is 24.1 Å². The van der Waals surface area contributed by atoms with Gasteiger partial charge in [0.25, 0.3) is 0 Å². The summed E-state index contributed by atoms with van der Waals surface area (Å²) in [6, 6.07) is -0.273. The summed E-state index contributed by atoms with van der Waals surface area (Å²) in [4.78, 5) is 24.0. The minimum Gasteiger partial charge on any atom is -0.336 e. The molecule has 0 fully saturated rings. The lowest BCUT2D eigenvalue weighted by molar-refractivity contribution is -0.143. The van der Waals surface area contributed by atoms with Crippen molar-refractivity contribution in [1.29, 1.82) is 0 Å². The Labute approximate surface area is 139 Å². The topological polar surface area (TPSA) is 49.4 Å². The molecule has 0 unspecified atom stereocenters. The van der Waals surface area contributed by atoms with E-state index < -0.39 is 47.0 Å². The molecule has 0 aliphatic heterocycles. The summed E-state index contributed by atoms with van der Waals surface area (Å²) >= 11 is 0. The molecule has 25 heavy (non-hydrogen) atoms. The second-order valence-electron chi connectivity index (χ2n) is 5.74. The van der Waals surface area contributed by atoms with Crippen molar-refractivity contribution in [3.05, 3.63) is 29.3 Å². The largest absolute Gasteiger partial charge is 0.416 e. The Kier molecular flexibility index (Phi) is 6.09. The highest BCUT2D eigenvalue weighted by molar-refractivity contribution is 5.96. The molecule has 0 radical (unpaired) electrons. The van der Waals surface area contributed by atoms with Crippen LogP contribution in [0.15, 0.2) is 18.2 Å². The van der Waals surface area contributed by atoms with Crippen molar-refractivity contribution in [1.82, 2.24) is 4.90 Å². The minimum atomic E-state index is -5.02. The molecule has 0 saturated carbocycles. The van der Waals surface area contributed by atoms with Crippen LogP contribution in [-0.4, -0.2) is 30.3 Å². The molecule has 1 aromatic carbocycles. The van der Waals surface area contributed by atoms with E-state index in [9.17, 15) is 35.9 Å². The molecule has 10 heteroatoms. The lowest BCUT2D eigenvalue weighted by atomic mass is 10.0. The first-order valence-corrected chi connectivity index (χ1v) is 7.05. The Morgan fingerprint density at radius 3 is 1.80 bits per heavy atom. The number of nitrogens with zero attached hydrogens (tertiary/aromatic N) is 1. The molecule has 4 nitrogen and oxygen atoms in total. The zero-order valence-corrected chi connectivity index (χ0v) is 13.5. The maximum absolute atomic E-state index is 12.8. The molecule has 0 aliphatic rings. The smallest absolute Gasteiger partial charge is 0.336 e. The first kappa shape index (κ1) is 20.8. The maximum Gasteiger partial charge on any atom is 0.416 e. The number of likely N-dealkylation sites (N-methyl/N-ethyl adjacent to an activating group) is 1. The monoisotopic (exact) mass is 370 g/mol. The third-order valence-electron chi connectivity index (χ3n) is 3.36. The van der Waals surface area contributed by atoms with Gasteiger partial charge < -0.3 is 10.2 Å². The predicted molar refractivity (Wildman–Crippen MR) is 77.5 cm³/mol. The van der Waals surface area contributed by atoms with Gasteiger partial charge in [0.2, 0.25) is 12.3 Å². The van der Waals surface area contributed by atoms with Gasteiger partial charge in [0.05, 0.1) is 11.1 Å². The lowest BCUT2D eigenvalue weighted by Crippen LogP contribution is -2.44. The fourth-order valence-electron chi connectivity index (χ4n) is 2.27. The molecular formula is C15H16F6N2O2. The zero-order valence-electron chi connectivity index (χ0n) is 13.5. The van der Waals surface area contributed by atoms with E-state index in [2.05, 4.69) is 0 Å². The molecule has 1 aromatic rings. The molecular weight excluding hydrogens is 354 g/mol. The third-order valence-corrected chi connectivity index (χ3v) is 3.36. The van der Waals surface area contributed by atoms with Crippen LogP contribution in [-0.2, 0) is 21.9 Å². The van der Waals surface area contributed by atoms with Gasteiger partial charge in [-0.1, -0.05) is 13.8 Å². The molecule has 1 atom stereocenters. The standard InChI is InChI=1S/C15H16F6N2O2/c1-8(2)12(23(3)7-24)13(25)22-11-5-9(14(16,17)18)4-10(6-11)15(19,20)21/h4-8,12H,1-3H3,(H,22,25)/t12-/m0/s1. The van der Waals surface area contributed by atoms with Gasteiger partial charge in [-0.2, -0.15) is 26.3 Å². The van der Waals surface area contributed by atoms with E-state index in [1.54, 1.807) is 13.8 Å². The second kappa shape index (κ2) is 7.32. The molecule has 0 spiro atoms. The van der Waals surface area contributed by atoms with E-state index in [1.165, 1.54) is 7.05 Å². The fraction of sp³-hybridized carbons (Fsp3) is 0.467. The highest BCUT2D eigenvalue weighted by atomic mass is 19.4. The number of amides is 2. The van der Waals surface area contributed by atoms with Crippen LogP contribution >= 0.6 is 0 Å². The van der Waals surface area contributed by atoms with E-state index in [1.807, 2.05) is 5.32 Å². The number of benzene rings is 1. The summed E-state index contributed by atoms with van der Waals surface area (Å²) in [6.45, 7) is 3.16. The van der Waals surface area contributed by atoms with E-state index >= 15 is 0 Å². The van der Waals surface area contributed by atoms with Crippen molar-refractivity contribution < 1.29 is 35.9 Å². The number of alkyl halides is 6. The summed E-state index contributed by atoms with van der Waals surface area (Å²) in [7, 11) is 1.28. The van der Waals surface area contributed by atoms with Crippen molar-refractivity contribution in [2.75, 3.05) is 12.4 Å². The van der Waals surface area contributed by atoms with Gasteiger partial charge in [0.15, 0.2) is 0 Å². The summed E-state index contributed by atoms with van der Waals surface area (Å²) in [5.41, 5.74) is -3.73. The molecule has 1 N–H and O–H groups in total. The number of hydrogen-bond donors (Lipinski definition) is 1. The van der Waals surface area contributed by atoms with Crippen LogP contribution in [0.3, 0.4) is 0 Å². The third kappa shape index (κ3) is 5.36. The molecule has 2 amide bonds. The Balaban J connectivity index is 3.28. The van der Waals surface area contributed by atoms with Crippen LogP contribution in [0.1, 0.15) is 25.0 Å². The van der Waals surface area contributed by atoms with Crippen LogP contribution in [0.4, 0.5) is 32.0 Å². The van der Waals surface area contributed by atoms with Crippen molar-refractivity contribution >= 4 is 18.0 Å². The van der Waals surface area contributed by atoms with Crippen molar-refractivity contribution in [2.45, 2.75) is 32.2 Å². The quantitative estimate of drug-likeness (QED) is 0.634. The average Bonchev–Trinajstić information content (AvgIpc) is 2.44. The number of carbonyl (C=O) groups is 2. The first-order chi connectivity index (χ1) is 11.3. The number of hydrogen-bond acceptors (Lipinski definition) is 2. The number of rotatable bonds is 5. The molecule has 0 bridgehead atoms. The van der Waals surface area contributed by atoms with Crippen molar-refractivity contribution in [2.24, 2.45) is 5.92 Å². The van der Waals surface area contributed by atoms with Gasteiger partial charge in [0.1, 0.15) is 6.04 Å². The Morgan fingerprint density at radius 1 is 1.04 bits per heavy atom. The van der Waals surface area contributed by atoms with Crippen molar-refractivity contribution in [3.8, 4) is 0 Å². The number of carbonyl (C=O) groups excluding carboxylic acids is 2. The van der Waals surface area contributed by atoms with E-state index in [0.717, 1.165) is 4.90 Å².